The maximum absolute atomic E-state index is 10.3. The molecule has 2 aliphatic carbocycles. The first-order chi connectivity index (χ1) is 9.66. The van der Waals surface area contributed by atoms with Gasteiger partial charge < -0.3 is 5.11 Å². The van der Waals surface area contributed by atoms with Crippen LogP contribution in [0.4, 0.5) is 0 Å². The van der Waals surface area contributed by atoms with Gasteiger partial charge in [-0.15, -0.1) is 6.58 Å². The van der Waals surface area contributed by atoms with Gasteiger partial charge in [-0.25, -0.2) is 0 Å². The minimum atomic E-state index is -0.745. The maximum atomic E-state index is 10.3. The molecule has 0 aromatic carbocycles. The standard InChI is InChI=1S/C20H34O/c1-7-18(4,21)13-11-17-15(2)10-14-19(5)16(3)9-8-12-20(17,19)6/h7,16-17,21H,1-2,8-14H2,3-6H3/t16-,17-,18-,19+,20+/m0/s1. The minimum Gasteiger partial charge on any atom is -0.386 e. The van der Waals surface area contributed by atoms with E-state index in [1.54, 1.807) is 6.08 Å². The number of aliphatic hydroxyl groups is 1. The van der Waals surface area contributed by atoms with Gasteiger partial charge in [-0.2, -0.15) is 0 Å². The van der Waals surface area contributed by atoms with Crippen molar-refractivity contribution in [3.8, 4) is 0 Å². The Hall–Kier alpha value is -0.560. The summed E-state index contributed by atoms with van der Waals surface area (Å²) in [7, 11) is 0. The summed E-state index contributed by atoms with van der Waals surface area (Å²) in [5.74, 6) is 1.34. The fourth-order valence-electron chi connectivity index (χ4n) is 5.15. The van der Waals surface area contributed by atoms with Crippen molar-refractivity contribution in [2.45, 2.75) is 78.2 Å². The van der Waals surface area contributed by atoms with Crippen LogP contribution < -0.4 is 0 Å². The Bertz CT molecular complexity index is 422. The molecule has 0 saturated heterocycles. The molecule has 21 heavy (non-hydrogen) atoms. The molecule has 5 atom stereocenters. The van der Waals surface area contributed by atoms with Crippen molar-refractivity contribution >= 4 is 0 Å². The molecule has 1 N–H and O–H groups in total. The van der Waals surface area contributed by atoms with E-state index in [1.807, 2.05) is 6.92 Å². The van der Waals surface area contributed by atoms with Crippen molar-refractivity contribution in [3.63, 3.8) is 0 Å². The first kappa shape index (κ1) is 16.8. The lowest BCUT2D eigenvalue weighted by Gasteiger charge is -2.61. The highest BCUT2D eigenvalue weighted by Crippen LogP contribution is 2.65. The van der Waals surface area contributed by atoms with Gasteiger partial charge in [0.05, 0.1) is 5.60 Å². The van der Waals surface area contributed by atoms with Crippen molar-refractivity contribution in [1.29, 1.82) is 0 Å². The van der Waals surface area contributed by atoms with Crippen LogP contribution in [0.1, 0.15) is 72.6 Å². The molecule has 0 amide bonds. The molecule has 0 spiro atoms. The van der Waals surface area contributed by atoms with E-state index in [0.29, 0.717) is 16.7 Å². The van der Waals surface area contributed by atoms with Crippen LogP contribution in [-0.2, 0) is 0 Å². The van der Waals surface area contributed by atoms with Gasteiger partial charge in [-0.1, -0.05) is 51.8 Å². The summed E-state index contributed by atoms with van der Waals surface area (Å²) in [5.41, 5.74) is 1.45. The smallest absolute Gasteiger partial charge is 0.0797 e. The van der Waals surface area contributed by atoms with Crippen LogP contribution in [0.5, 0.6) is 0 Å². The van der Waals surface area contributed by atoms with Crippen LogP contribution in [0.3, 0.4) is 0 Å². The lowest BCUT2D eigenvalue weighted by Crippen LogP contribution is -2.53. The predicted molar refractivity (Wildman–Crippen MR) is 91.1 cm³/mol. The molecule has 0 radical (unpaired) electrons. The molecule has 2 fully saturated rings. The van der Waals surface area contributed by atoms with E-state index in [0.717, 1.165) is 25.2 Å². The van der Waals surface area contributed by atoms with Crippen LogP contribution >= 0.6 is 0 Å². The molecule has 2 saturated carbocycles. The average Bonchev–Trinajstić information content (AvgIpc) is 2.42. The highest BCUT2D eigenvalue weighted by Gasteiger charge is 2.56. The lowest BCUT2D eigenvalue weighted by molar-refractivity contribution is -0.0930. The molecule has 0 bridgehead atoms. The van der Waals surface area contributed by atoms with Gasteiger partial charge in [0.25, 0.3) is 0 Å². The maximum Gasteiger partial charge on any atom is 0.0797 e. The predicted octanol–water partition coefficient (Wildman–Crippen LogP) is 5.50. The molecule has 0 aliphatic heterocycles. The summed E-state index contributed by atoms with van der Waals surface area (Å²) in [5, 5.41) is 10.3. The van der Waals surface area contributed by atoms with E-state index in [4.69, 9.17) is 0 Å². The van der Waals surface area contributed by atoms with Crippen molar-refractivity contribution in [3.05, 3.63) is 24.8 Å². The summed E-state index contributed by atoms with van der Waals surface area (Å²) in [4.78, 5) is 0. The largest absolute Gasteiger partial charge is 0.386 e. The third-order valence-corrected chi connectivity index (χ3v) is 7.33. The molecule has 0 aromatic heterocycles. The summed E-state index contributed by atoms with van der Waals surface area (Å²) in [6, 6.07) is 0. The highest BCUT2D eigenvalue weighted by atomic mass is 16.3. The Labute approximate surface area is 131 Å². The molecule has 120 valence electrons. The van der Waals surface area contributed by atoms with E-state index in [-0.39, 0.29) is 0 Å². The second-order valence-corrected chi connectivity index (χ2v) is 8.44. The number of rotatable bonds is 4. The van der Waals surface area contributed by atoms with Gasteiger partial charge in [0.15, 0.2) is 0 Å². The Morgan fingerprint density at radius 1 is 1.33 bits per heavy atom. The van der Waals surface area contributed by atoms with E-state index in [9.17, 15) is 5.11 Å². The average molecular weight is 290 g/mol. The zero-order valence-electron chi connectivity index (χ0n) is 14.5. The van der Waals surface area contributed by atoms with Gasteiger partial charge in [-0.05, 0) is 61.7 Å². The third kappa shape index (κ3) is 2.74. The van der Waals surface area contributed by atoms with Crippen LogP contribution in [0.25, 0.3) is 0 Å². The minimum absolute atomic E-state index is 0.344. The third-order valence-electron chi connectivity index (χ3n) is 7.33. The number of hydrogen-bond acceptors (Lipinski definition) is 1. The summed E-state index contributed by atoms with van der Waals surface area (Å²) in [6.07, 6.45) is 9.99. The van der Waals surface area contributed by atoms with Crippen LogP contribution in [0, 0.1) is 22.7 Å². The molecular formula is C20H34O. The topological polar surface area (TPSA) is 20.2 Å². The van der Waals surface area contributed by atoms with Gasteiger partial charge >= 0.3 is 0 Å². The van der Waals surface area contributed by atoms with Gasteiger partial charge in [-0.3, -0.25) is 0 Å². The van der Waals surface area contributed by atoms with E-state index in [2.05, 4.69) is 33.9 Å². The summed E-state index contributed by atoms with van der Waals surface area (Å²) < 4.78 is 0. The van der Waals surface area contributed by atoms with Crippen LogP contribution in [0.2, 0.25) is 0 Å². The van der Waals surface area contributed by atoms with E-state index >= 15 is 0 Å². The Balaban J connectivity index is 2.25. The first-order valence-electron chi connectivity index (χ1n) is 8.70. The summed E-state index contributed by atoms with van der Waals surface area (Å²) in [6.45, 7) is 17.5. The molecule has 0 heterocycles. The zero-order chi connectivity index (χ0) is 15.9. The number of hydrogen-bond donors (Lipinski definition) is 1. The van der Waals surface area contributed by atoms with Gasteiger partial charge in [0, 0.05) is 0 Å². The molecular weight excluding hydrogens is 256 g/mol. The van der Waals surface area contributed by atoms with Crippen LogP contribution in [-0.4, -0.2) is 10.7 Å². The highest BCUT2D eigenvalue weighted by molar-refractivity contribution is 5.18. The normalized spacial score (nSPS) is 43.0. The fraction of sp³-hybridized carbons (Fsp3) is 0.800. The van der Waals surface area contributed by atoms with E-state index in [1.165, 1.54) is 31.3 Å². The SMILES string of the molecule is C=C[C@](C)(O)CC[C@H]1C(=C)CC[C@]2(C)[C@@H](C)CCC[C@]12C. The Kier molecular flexibility index (Phi) is 4.46. The van der Waals surface area contributed by atoms with Crippen molar-refractivity contribution in [2.24, 2.45) is 22.7 Å². The molecule has 0 unspecified atom stereocenters. The second-order valence-electron chi connectivity index (χ2n) is 8.44. The number of fused-ring (bicyclic) bond motifs is 1. The van der Waals surface area contributed by atoms with Gasteiger partial charge in [0.1, 0.15) is 0 Å². The Morgan fingerprint density at radius 2 is 2.00 bits per heavy atom. The first-order valence-corrected chi connectivity index (χ1v) is 8.70. The van der Waals surface area contributed by atoms with Crippen LogP contribution in [0.15, 0.2) is 24.8 Å². The molecule has 0 aromatic rings. The molecule has 1 nitrogen and oxygen atoms in total. The molecule has 1 heteroatoms. The van der Waals surface area contributed by atoms with Crippen molar-refractivity contribution < 1.29 is 5.11 Å². The van der Waals surface area contributed by atoms with E-state index < -0.39 is 5.60 Å². The fourth-order valence-corrected chi connectivity index (χ4v) is 5.15. The zero-order valence-corrected chi connectivity index (χ0v) is 14.5. The number of allylic oxidation sites excluding steroid dienone is 1. The second kappa shape index (κ2) is 5.57. The van der Waals surface area contributed by atoms with Crippen molar-refractivity contribution in [2.75, 3.05) is 0 Å². The molecule has 2 aliphatic rings. The summed E-state index contributed by atoms with van der Waals surface area (Å²) >= 11 is 0. The quantitative estimate of drug-likeness (QED) is 0.678. The Morgan fingerprint density at radius 3 is 2.62 bits per heavy atom. The van der Waals surface area contributed by atoms with Gasteiger partial charge in [0.2, 0.25) is 0 Å². The monoisotopic (exact) mass is 290 g/mol. The lowest BCUT2D eigenvalue weighted by atomic mass is 9.43. The van der Waals surface area contributed by atoms with Crippen molar-refractivity contribution in [1.82, 2.24) is 0 Å². The molecule has 2 rings (SSSR count).